The van der Waals surface area contributed by atoms with Crippen LogP contribution in [-0.4, -0.2) is 101 Å². The number of pyridine rings is 1. The summed E-state index contributed by atoms with van der Waals surface area (Å²) in [7, 11) is 0. The highest BCUT2D eigenvalue weighted by Gasteiger charge is 2.40. The van der Waals surface area contributed by atoms with E-state index in [0.717, 1.165) is 77.1 Å². The van der Waals surface area contributed by atoms with Crippen molar-refractivity contribution in [2.45, 2.75) is 84.5 Å². The van der Waals surface area contributed by atoms with Crippen molar-refractivity contribution >= 4 is 50.3 Å². The van der Waals surface area contributed by atoms with Crippen LogP contribution in [0.15, 0.2) is 72.8 Å². The molecule has 13 heteroatoms. The Balaban J connectivity index is 0.967. The molecule has 3 aliphatic rings. The Kier molecular flexibility index (Phi) is 12.2. The van der Waals surface area contributed by atoms with Gasteiger partial charge in [-0.05, 0) is 119 Å². The zero-order chi connectivity index (χ0) is 42.0. The van der Waals surface area contributed by atoms with Crippen LogP contribution in [0.5, 0.6) is 5.75 Å². The number of para-hydroxylation sites is 1. The second-order valence-corrected chi connectivity index (χ2v) is 17.9. The van der Waals surface area contributed by atoms with E-state index in [4.69, 9.17) is 19.2 Å². The zero-order valence-electron chi connectivity index (χ0n) is 35.2. The number of anilines is 2. The van der Waals surface area contributed by atoms with Gasteiger partial charge in [0.2, 0.25) is 0 Å². The van der Waals surface area contributed by atoms with Gasteiger partial charge in [-0.25, -0.2) is 14.8 Å². The number of esters is 2. The minimum atomic E-state index is -0.727. The van der Waals surface area contributed by atoms with Crippen LogP contribution >= 0.6 is 11.3 Å². The molecule has 8 rings (SSSR count). The van der Waals surface area contributed by atoms with Gasteiger partial charge in [0.25, 0.3) is 5.91 Å². The number of hydrogen-bond donors (Lipinski definition) is 1. The summed E-state index contributed by atoms with van der Waals surface area (Å²) in [5, 5.41) is 3.58. The minimum absolute atomic E-state index is 0.134. The number of likely N-dealkylation sites (tertiary alicyclic amines) is 1. The van der Waals surface area contributed by atoms with Gasteiger partial charge in [-0.2, -0.15) is 0 Å². The van der Waals surface area contributed by atoms with E-state index in [1.807, 2.05) is 101 Å². The van der Waals surface area contributed by atoms with Gasteiger partial charge < -0.3 is 24.0 Å². The fourth-order valence-corrected chi connectivity index (χ4v) is 9.67. The molecule has 2 saturated heterocycles. The van der Waals surface area contributed by atoms with Crippen LogP contribution in [0.1, 0.15) is 84.5 Å². The monoisotopic (exact) mass is 830 g/mol. The van der Waals surface area contributed by atoms with E-state index in [0.29, 0.717) is 73.4 Å². The topological polar surface area (TPSA) is 126 Å². The van der Waals surface area contributed by atoms with E-state index in [2.05, 4.69) is 31.1 Å². The lowest BCUT2D eigenvalue weighted by Gasteiger charge is -2.40. The van der Waals surface area contributed by atoms with Crippen molar-refractivity contribution in [3.63, 3.8) is 0 Å². The smallest absolute Gasteiger partial charge is 0.358 e. The molecule has 0 saturated carbocycles. The predicted octanol–water partition coefficient (Wildman–Crippen LogP) is 7.92. The Bertz CT molecular complexity index is 2340. The summed E-state index contributed by atoms with van der Waals surface area (Å²) in [4.78, 5) is 56.4. The number of piperazine rings is 1. The van der Waals surface area contributed by atoms with Crippen molar-refractivity contribution in [2.75, 3.05) is 56.2 Å². The molecule has 12 nitrogen and oxygen atoms in total. The molecule has 3 aliphatic heterocycles. The van der Waals surface area contributed by atoms with Gasteiger partial charge in [-0.1, -0.05) is 47.7 Å². The molecule has 1 N–H and O–H groups in total. The number of nitrogens with zero attached hydrogens (tertiary/aromatic N) is 5. The number of thiazole rings is 1. The lowest BCUT2D eigenvalue weighted by Crippen LogP contribution is -2.55. The van der Waals surface area contributed by atoms with Gasteiger partial charge in [0.1, 0.15) is 17.2 Å². The largest absolute Gasteiger partial charge is 0.493 e. The number of benzene rings is 3. The van der Waals surface area contributed by atoms with Gasteiger partial charge in [-0.3, -0.25) is 19.8 Å². The van der Waals surface area contributed by atoms with Gasteiger partial charge in [0.05, 0.1) is 30.0 Å². The van der Waals surface area contributed by atoms with E-state index in [-0.39, 0.29) is 17.6 Å². The fraction of sp³-hybridized carbons (Fsp3) is 0.426. The number of amides is 1. The Morgan fingerprint density at radius 2 is 1.70 bits per heavy atom. The third-order valence-electron chi connectivity index (χ3n) is 11.6. The Morgan fingerprint density at radius 1 is 0.917 bits per heavy atom. The maximum atomic E-state index is 14.0. The SMILES string of the molecule is CCOC(=O)CN1[C@@H]2CC[C@H]1CN(CCCOc1cccc(-c3ccc(N4CCc5cccc(C(=O)Nc6nc7ccccc7s6)c5C4)nc3C(=O)OC(C)(C)C)c1C)C2. The van der Waals surface area contributed by atoms with Crippen LogP contribution in [0, 0.1) is 6.92 Å². The Morgan fingerprint density at radius 3 is 2.47 bits per heavy atom. The van der Waals surface area contributed by atoms with E-state index in [1.165, 1.54) is 11.3 Å². The highest BCUT2D eigenvalue weighted by Crippen LogP contribution is 2.36. The molecule has 2 aromatic heterocycles. The van der Waals surface area contributed by atoms with Crippen molar-refractivity contribution in [1.82, 2.24) is 19.8 Å². The van der Waals surface area contributed by atoms with Crippen LogP contribution < -0.4 is 15.0 Å². The third kappa shape index (κ3) is 9.18. The standard InChI is InChI=1S/C47H54N6O6S/c1-6-57-42(54)29-53-32-18-19-33(53)27-51(26-32)23-11-25-58-39-16-10-13-34(30(39)2)35-20-21-41(49-43(35)45(56)59-47(3,4)5)52-24-22-31-12-9-14-36(37(31)28-52)44(55)50-46-48-38-15-7-8-17-40(38)60-46/h7-10,12-17,20-21,32-33H,6,11,18-19,22-29H2,1-5H3,(H,48,50,55)/t32-,33+. The molecular formula is C47H54N6O6S. The molecule has 0 unspecified atom stereocenters. The first-order chi connectivity index (χ1) is 28.9. The van der Waals surface area contributed by atoms with E-state index in [1.54, 1.807) is 0 Å². The highest BCUT2D eigenvalue weighted by atomic mass is 32.1. The molecule has 5 aromatic rings. The van der Waals surface area contributed by atoms with Crippen molar-refractivity contribution in [3.05, 3.63) is 101 Å². The summed E-state index contributed by atoms with van der Waals surface area (Å²) in [6.45, 7) is 14.7. The van der Waals surface area contributed by atoms with Gasteiger partial charge in [0, 0.05) is 55.9 Å². The van der Waals surface area contributed by atoms with Crippen LogP contribution in [0.3, 0.4) is 0 Å². The molecule has 2 fully saturated rings. The van der Waals surface area contributed by atoms with Gasteiger partial charge in [0.15, 0.2) is 10.8 Å². The second-order valence-electron chi connectivity index (χ2n) is 16.9. The normalized spacial score (nSPS) is 18.0. The number of ether oxygens (including phenoxy) is 3. The van der Waals surface area contributed by atoms with Gasteiger partial charge >= 0.3 is 11.9 Å². The number of carbonyl (C=O) groups is 3. The molecule has 314 valence electrons. The third-order valence-corrected chi connectivity index (χ3v) is 12.6. The van der Waals surface area contributed by atoms with Crippen LogP contribution in [0.4, 0.5) is 10.9 Å². The van der Waals surface area contributed by atoms with E-state index in [9.17, 15) is 14.4 Å². The molecule has 0 aliphatic carbocycles. The van der Waals surface area contributed by atoms with Crippen molar-refractivity contribution in [1.29, 1.82) is 0 Å². The molecule has 3 aromatic carbocycles. The molecule has 0 radical (unpaired) electrons. The number of carbonyl (C=O) groups excluding carboxylic acids is 3. The number of nitrogens with one attached hydrogen (secondary N) is 1. The summed E-state index contributed by atoms with van der Waals surface area (Å²) < 4.78 is 18.6. The van der Waals surface area contributed by atoms with Crippen LogP contribution in [0.2, 0.25) is 0 Å². The number of hydrogen-bond acceptors (Lipinski definition) is 12. The lowest BCUT2D eigenvalue weighted by molar-refractivity contribution is -0.146. The first-order valence-electron chi connectivity index (χ1n) is 21.1. The summed E-state index contributed by atoms with van der Waals surface area (Å²) >= 11 is 1.45. The Labute approximate surface area is 355 Å². The molecule has 1 amide bonds. The maximum Gasteiger partial charge on any atom is 0.358 e. The zero-order valence-corrected chi connectivity index (χ0v) is 36.0. The second kappa shape index (κ2) is 17.7. The first kappa shape index (κ1) is 41.4. The average molecular weight is 831 g/mol. The minimum Gasteiger partial charge on any atom is -0.493 e. The average Bonchev–Trinajstić information content (AvgIpc) is 3.73. The molecule has 60 heavy (non-hydrogen) atoms. The molecule has 2 bridgehead atoms. The number of fused-ring (bicyclic) bond motifs is 4. The van der Waals surface area contributed by atoms with E-state index < -0.39 is 11.6 Å². The highest BCUT2D eigenvalue weighted by molar-refractivity contribution is 7.22. The summed E-state index contributed by atoms with van der Waals surface area (Å²) in [6.07, 6.45) is 3.81. The molecule has 5 heterocycles. The molecule has 0 spiro atoms. The van der Waals surface area contributed by atoms with Gasteiger partial charge in [-0.15, -0.1) is 0 Å². The predicted molar refractivity (Wildman–Crippen MR) is 235 cm³/mol. The summed E-state index contributed by atoms with van der Waals surface area (Å²) in [5.74, 6) is 0.545. The van der Waals surface area contributed by atoms with E-state index >= 15 is 0 Å². The van der Waals surface area contributed by atoms with Crippen LogP contribution in [0.25, 0.3) is 21.3 Å². The number of aromatic nitrogens is 2. The summed E-state index contributed by atoms with van der Waals surface area (Å²) in [6, 6.07) is 24.3. The first-order valence-corrected chi connectivity index (χ1v) is 21.9. The summed E-state index contributed by atoms with van der Waals surface area (Å²) in [5.41, 5.74) is 5.41. The lowest BCUT2D eigenvalue weighted by atomic mass is 9.94. The number of rotatable bonds is 13. The molecule has 2 atom stereocenters. The van der Waals surface area contributed by atoms with Crippen molar-refractivity contribution < 1.29 is 28.6 Å². The quantitative estimate of drug-likeness (QED) is 0.0919. The fourth-order valence-electron chi connectivity index (χ4n) is 8.81. The molecular weight excluding hydrogens is 777 g/mol. The van der Waals surface area contributed by atoms with Crippen molar-refractivity contribution in [3.8, 4) is 16.9 Å². The van der Waals surface area contributed by atoms with Crippen LogP contribution in [-0.2, 0) is 27.2 Å². The maximum absolute atomic E-state index is 14.0. The van der Waals surface area contributed by atoms with Crippen molar-refractivity contribution in [2.24, 2.45) is 0 Å². The Hall–Kier alpha value is -5.37.